The van der Waals surface area contributed by atoms with Crippen LogP contribution in [0.3, 0.4) is 0 Å². The standard InChI is InChI=1S/C21H30N6O/c1-4-10-25(11-5-2)20-16-18(23-17(3)24-20)21(28)27-14-12-26(13-15-27)19-8-6-7-9-22-19/h6-9,16H,4-5,10-15H2,1-3H3. The Bertz CT molecular complexity index is 768. The summed E-state index contributed by atoms with van der Waals surface area (Å²) >= 11 is 0. The number of aromatic nitrogens is 3. The van der Waals surface area contributed by atoms with Gasteiger partial charge in [-0.15, -0.1) is 0 Å². The summed E-state index contributed by atoms with van der Waals surface area (Å²) < 4.78 is 0. The quantitative estimate of drug-likeness (QED) is 0.734. The number of carbonyl (C=O) groups is 1. The second kappa shape index (κ2) is 9.48. The predicted octanol–water partition coefficient (Wildman–Crippen LogP) is 2.77. The average Bonchev–Trinajstić information content (AvgIpc) is 2.73. The van der Waals surface area contributed by atoms with Crippen molar-refractivity contribution in [1.82, 2.24) is 19.9 Å². The van der Waals surface area contributed by atoms with Crippen LogP contribution in [0.1, 0.15) is 43.0 Å². The molecule has 1 amide bonds. The summed E-state index contributed by atoms with van der Waals surface area (Å²) in [6, 6.07) is 7.77. The summed E-state index contributed by atoms with van der Waals surface area (Å²) in [6.45, 7) is 10.9. The first kappa shape index (κ1) is 20.0. The fourth-order valence-electron chi connectivity index (χ4n) is 3.55. The molecule has 0 spiro atoms. The molecule has 3 rings (SSSR count). The summed E-state index contributed by atoms with van der Waals surface area (Å²) in [5, 5.41) is 0. The van der Waals surface area contributed by atoms with Gasteiger partial charge in [-0.3, -0.25) is 4.79 Å². The van der Waals surface area contributed by atoms with Gasteiger partial charge < -0.3 is 14.7 Å². The molecule has 28 heavy (non-hydrogen) atoms. The van der Waals surface area contributed by atoms with Gasteiger partial charge in [-0.25, -0.2) is 15.0 Å². The second-order valence-electron chi connectivity index (χ2n) is 7.11. The Kier molecular flexibility index (Phi) is 6.79. The van der Waals surface area contributed by atoms with E-state index in [1.165, 1.54) is 0 Å². The first-order valence-electron chi connectivity index (χ1n) is 10.2. The van der Waals surface area contributed by atoms with Crippen LogP contribution in [0.2, 0.25) is 0 Å². The third kappa shape index (κ3) is 4.77. The molecule has 0 N–H and O–H groups in total. The highest BCUT2D eigenvalue weighted by Crippen LogP contribution is 2.17. The highest BCUT2D eigenvalue weighted by molar-refractivity contribution is 5.93. The van der Waals surface area contributed by atoms with Gasteiger partial charge in [0.15, 0.2) is 0 Å². The van der Waals surface area contributed by atoms with Gasteiger partial charge >= 0.3 is 0 Å². The van der Waals surface area contributed by atoms with Crippen molar-refractivity contribution in [2.24, 2.45) is 0 Å². The van der Waals surface area contributed by atoms with Crippen LogP contribution in [0.25, 0.3) is 0 Å². The number of carbonyl (C=O) groups excluding carboxylic acids is 1. The molecule has 2 aromatic heterocycles. The van der Waals surface area contributed by atoms with Crippen molar-refractivity contribution in [3.8, 4) is 0 Å². The molecule has 2 aromatic rings. The monoisotopic (exact) mass is 382 g/mol. The number of nitrogens with zero attached hydrogens (tertiary/aromatic N) is 6. The number of aryl methyl sites for hydroxylation is 1. The van der Waals surface area contributed by atoms with Crippen molar-refractivity contribution in [1.29, 1.82) is 0 Å². The predicted molar refractivity (Wildman–Crippen MR) is 112 cm³/mol. The number of amides is 1. The Hall–Kier alpha value is -2.70. The van der Waals surface area contributed by atoms with E-state index in [1.807, 2.05) is 36.1 Å². The third-order valence-electron chi connectivity index (χ3n) is 4.89. The van der Waals surface area contributed by atoms with Crippen molar-refractivity contribution in [3.05, 3.63) is 42.0 Å². The molecule has 0 aliphatic carbocycles. The molecule has 0 atom stereocenters. The van der Waals surface area contributed by atoms with Gasteiger partial charge in [0.1, 0.15) is 23.2 Å². The van der Waals surface area contributed by atoms with E-state index in [9.17, 15) is 4.79 Å². The highest BCUT2D eigenvalue weighted by Gasteiger charge is 2.24. The molecule has 0 saturated carbocycles. The molecule has 1 aliphatic rings. The van der Waals surface area contributed by atoms with Crippen LogP contribution in [0.5, 0.6) is 0 Å². The van der Waals surface area contributed by atoms with E-state index in [2.05, 4.69) is 38.6 Å². The number of anilines is 2. The van der Waals surface area contributed by atoms with Gasteiger partial charge in [0.25, 0.3) is 5.91 Å². The molecular weight excluding hydrogens is 352 g/mol. The van der Waals surface area contributed by atoms with E-state index in [0.717, 1.165) is 50.7 Å². The highest BCUT2D eigenvalue weighted by atomic mass is 16.2. The summed E-state index contributed by atoms with van der Waals surface area (Å²) in [4.78, 5) is 32.8. The van der Waals surface area contributed by atoms with Crippen LogP contribution >= 0.6 is 0 Å². The summed E-state index contributed by atoms with van der Waals surface area (Å²) in [5.74, 6) is 2.45. The summed E-state index contributed by atoms with van der Waals surface area (Å²) in [7, 11) is 0. The lowest BCUT2D eigenvalue weighted by Gasteiger charge is -2.35. The maximum atomic E-state index is 13.1. The van der Waals surface area contributed by atoms with E-state index in [-0.39, 0.29) is 5.91 Å². The van der Waals surface area contributed by atoms with Crippen molar-refractivity contribution in [2.75, 3.05) is 49.1 Å². The molecule has 0 unspecified atom stereocenters. The van der Waals surface area contributed by atoms with Gasteiger partial charge in [0.2, 0.25) is 0 Å². The molecular formula is C21H30N6O. The molecule has 0 bridgehead atoms. The first-order valence-corrected chi connectivity index (χ1v) is 10.2. The van der Waals surface area contributed by atoms with Crippen LogP contribution in [-0.4, -0.2) is 65.0 Å². The molecule has 7 nitrogen and oxygen atoms in total. The van der Waals surface area contributed by atoms with Gasteiger partial charge in [0, 0.05) is 51.5 Å². The van der Waals surface area contributed by atoms with Crippen LogP contribution in [-0.2, 0) is 0 Å². The molecule has 150 valence electrons. The Morgan fingerprint density at radius 2 is 1.79 bits per heavy atom. The number of pyridine rings is 1. The zero-order chi connectivity index (χ0) is 19.9. The van der Waals surface area contributed by atoms with Gasteiger partial charge in [-0.1, -0.05) is 19.9 Å². The van der Waals surface area contributed by atoms with E-state index in [4.69, 9.17) is 0 Å². The number of hydrogen-bond donors (Lipinski definition) is 0. The minimum absolute atomic E-state index is 0.0135. The van der Waals surface area contributed by atoms with Crippen LogP contribution in [0, 0.1) is 6.92 Å². The Morgan fingerprint density at radius 3 is 2.39 bits per heavy atom. The topological polar surface area (TPSA) is 65.5 Å². The van der Waals surface area contributed by atoms with E-state index in [1.54, 1.807) is 6.20 Å². The third-order valence-corrected chi connectivity index (χ3v) is 4.89. The minimum atomic E-state index is -0.0135. The number of hydrogen-bond acceptors (Lipinski definition) is 6. The van der Waals surface area contributed by atoms with Crippen molar-refractivity contribution in [3.63, 3.8) is 0 Å². The maximum absolute atomic E-state index is 13.1. The molecule has 7 heteroatoms. The zero-order valence-electron chi connectivity index (χ0n) is 17.1. The van der Waals surface area contributed by atoms with E-state index in [0.29, 0.717) is 24.6 Å². The molecule has 1 saturated heterocycles. The molecule has 0 radical (unpaired) electrons. The lowest BCUT2D eigenvalue weighted by atomic mass is 10.2. The Morgan fingerprint density at radius 1 is 1.07 bits per heavy atom. The molecule has 1 fully saturated rings. The first-order chi connectivity index (χ1) is 13.6. The van der Waals surface area contributed by atoms with Gasteiger partial charge in [-0.2, -0.15) is 0 Å². The number of piperazine rings is 1. The van der Waals surface area contributed by atoms with Crippen molar-refractivity contribution < 1.29 is 4.79 Å². The largest absolute Gasteiger partial charge is 0.357 e. The normalized spacial score (nSPS) is 14.2. The van der Waals surface area contributed by atoms with E-state index < -0.39 is 0 Å². The lowest BCUT2D eigenvalue weighted by Crippen LogP contribution is -2.49. The maximum Gasteiger partial charge on any atom is 0.272 e. The van der Waals surface area contributed by atoms with Gasteiger partial charge in [0.05, 0.1) is 0 Å². The lowest BCUT2D eigenvalue weighted by molar-refractivity contribution is 0.0740. The fraction of sp³-hybridized carbons (Fsp3) is 0.524. The molecule has 1 aliphatic heterocycles. The Labute approximate surface area is 167 Å². The molecule has 3 heterocycles. The van der Waals surface area contributed by atoms with Crippen LogP contribution in [0.15, 0.2) is 30.5 Å². The van der Waals surface area contributed by atoms with Crippen molar-refractivity contribution in [2.45, 2.75) is 33.6 Å². The second-order valence-corrected chi connectivity index (χ2v) is 7.11. The van der Waals surface area contributed by atoms with Crippen LogP contribution in [0.4, 0.5) is 11.6 Å². The van der Waals surface area contributed by atoms with Gasteiger partial charge in [-0.05, 0) is 31.9 Å². The number of rotatable bonds is 7. The summed E-state index contributed by atoms with van der Waals surface area (Å²) in [6.07, 6.45) is 3.89. The minimum Gasteiger partial charge on any atom is -0.357 e. The van der Waals surface area contributed by atoms with Crippen molar-refractivity contribution >= 4 is 17.5 Å². The Balaban J connectivity index is 1.70. The zero-order valence-corrected chi connectivity index (χ0v) is 17.1. The van der Waals surface area contributed by atoms with E-state index >= 15 is 0 Å². The molecule has 0 aromatic carbocycles. The SMILES string of the molecule is CCCN(CCC)c1cc(C(=O)N2CCN(c3ccccn3)CC2)nc(C)n1. The summed E-state index contributed by atoms with van der Waals surface area (Å²) in [5.41, 5.74) is 0.492. The average molecular weight is 383 g/mol. The fourth-order valence-corrected chi connectivity index (χ4v) is 3.55. The van der Waals surface area contributed by atoms with Crippen LogP contribution < -0.4 is 9.80 Å². The smallest absolute Gasteiger partial charge is 0.272 e.